The molecule has 0 unspecified atom stereocenters. The molecule has 0 amide bonds. The molecule has 20 heavy (non-hydrogen) atoms. The first-order chi connectivity index (χ1) is 9.58. The minimum atomic E-state index is 0.0462. The van der Waals surface area contributed by atoms with Crippen LogP contribution in [0.4, 0.5) is 0 Å². The molecule has 1 heterocycles. The molecule has 0 saturated heterocycles. The summed E-state index contributed by atoms with van der Waals surface area (Å²) in [5.41, 5.74) is 10.7. The van der Waals surface area contributed by atoms with Crippen LogP contribution in [0, 0.1) is 13.8 Å². The number of aromatic nitrogens is 1. The third kappa shape index (κ3) is 2.68. The molecule has 0 bridgehead atoms. The summed E-state index contributed by atoms with van der Waals surface area (Å²) in [6.07, 6.45) is 0.922. The highest BCUT2D eigenvalue weighted by Crippen LogP contribution is 2.21. The Kier molecular flexibility index (Phi) is 4.40. The summed E-state index contributed by atoms with van der Waals surface area (Å²) in [5.74, 6) is 0. The van der Waals surface area contributed by atoms with Crippen LogP contribution in [0.15, 0.2) is 35.1 Å². The summed E-state index contributed by atoms with van der Waals surface area (Å²) in [4.78, 5) is 12.6. The highest BCUT2D eigenvalue weighted by atomic mass is 16.1. The zero-order valence-electron chi connectivity index (χ0n) is 12.4. The monoisotopic (exact) mass is 270 g/mol. The Hall–Kier alpha value is -1.87. The third-order valence-corrected chi connectivity index (χ3v) is 3.62. The van der Waals surface area contributed by atoms with Gasteiger partial charge in [-0.1, -0.05) is 36.8 Å². The molecule has 2 rings (SSSR count). The van der Waals surface area contributed by atoms with E-state index in [0.29, 0.717) is 12.1 Å². The van der Waals surface area contributed by atoms with E-state index in [0.717, 1.165) is 29.8 Å². The predicted octanol–water partition coefficient (Wildman–Crippen LogP) is 3.00. The summed E-state index contributed by atoms with van der Waals surface area (Å²) in [7, 11) is 0. The lowest BCUT2D eigenvalue weighted by Crippen LogP contribution is -2.28. The summed E-state index contributed by atoms with van der Waals surface area (Å²) in [6, 6.07) is 10.4. The Bertz CT molecular complexity index is 654. The Labute approximate surface area is 120 Å². The van der Waals surface area contributed by atoms with E-state index in [2.05, 4.69) is 44.2 Å². The lowest BCUT2D eigenvalue weighted by atomic mass is 10.0. The molecule has 3 heteroatoms. The number of hydrogen-bond donors (Lipinski definition) is 1. The molecule has 1 aromatic heterocycles. The molecular formula is C17H22N2O. The SMILES string of the molecule is CCCn1c(-c2ccc(C)cc2)cc(C)c(CN)c1=O. The van der Waals surface area contributed by atoms with E-state index >= 15 is 0 Å². The number of pyridine rings is 1. The molecule has 0 aliphatic carbocycles. The van der Waals surface area contributed by atoms with Crippen LogP contribution in [0.5, 0.6) is 0 Å². The average molecular weight is 270 g/mol. The second-order valence-electron chi connectivity index (χ2n) is 5.22. The van der Waals surface area contributed by atoms with Crippen LogP contribution in [-0.2, 0) is 13.1 Å². The van der Waals surface area contributed by atoms with Gasteiger partial charge in [-0.3, -0.25) is 4.79 Å². The summed E-state index contributed by atoms with van der Waals surface area (Å²) >= 11 is 0. The molecule has 0 aliphatic heterocycles. The summed E-state index contributed by atoms with van der Waals surface area (Å²) in [6.45, 7) is 7.11. The van der Waals surface area contributed by atoms with Crippen LogP contribution in [0.25, 0.3) is 11.3 Å². The van der Waals surface area contributed by atoms with Crippen molar-refractivity contribution < 1.29 is 0 Å². The number of benzene rings is 1. The van der Waals surface area contributed by atoms with E-state index in [-0.39, 0.29) is 5.56 Å². The minimum Gasteiger partial charge on any atom is -0.326 e. The van der Waals surface area contributed by atoms with Gasteiger partial charge in [-0.15, -0.1) is 0 Å². The highest BCUT2D eigenvalue weighted by Gasteiger charge is 2.12. The van der Waals surface area contributed by atoms with Crippen molar-refractivity contribution in [3.63, 3.8) is 0 Å². The third-order valence-electron chi connectivity index (χ3n) is 3.62. The molecule has 1 aromatic carbocycles. The molecule has 0 saturated carbocycles. The van der Waals surface area contributed by atoms with Crippen molar-refractivity contribution in [1.82, 2.24) is 4.57 Å². The van der Waals surface area contributed by atoms with Crippen LogP contribution in [0.3, 0.4) is 0 Å². The van der Waals surface area contributed by atoms with Gasteiger partial charge in [-0.05, 0) is 37.5 Å². The zero-order chi connectivity index (χ0) is 14.7. The fourth-order valence-corrected chi connectivity index (χ4v) is 2.47. The Morgan fingerprint density at radius 2 is 1.80 bits per heavy atom. The molecule has 0 atom stereocenters. The average Bonchev–Trinajstić information content (AvgIpc) is 2.43. The number of nitrogens with zero attached hydrogens (tertiary/aromatic N) is 1. The molecule has 0 spiro atoms. The molecular weight excluding hydrogens is 248 g/mol. The molecule has 0 aliphatic rings. The number of aryl methyl sites for hydroxylation is 2. The first-order valence-corrected chi connectivity index (χ1v) is 7.09. The topological polar surface area (TPSA) is 48.0 Å². The maximum Gasteiger partial charge on any atom is 0.255 e. The molecule has 106 valence electrons. The van der Waals surface area contributed by atoms with Crippen LogP contribution >= 0.6 is 0 Å². The fraction of sp³-hybridized carbons (Fsp3) is 0.353. The van der Waals surface area contributed by atoms with Gasteiger partial charge in [0.05, 0.1) is 5.69 Å². The molecule has 3 nitrogen and oxygen atoms in total. The van der Waals surface area contributed by atoms with Gasteiger partial charge in [-0.25, -0.2) is 0 Å². The van der Waals surface area contributed by atoms with Gasteiger partial charge in [0.15, 0.2) is 0 Å². The normalized spacial score (nSPS) is 10.8. The lowest BCUT2D eigenvalue weighted by Gasteiger charge is -2.16. The molecule has 2 N–H and O–H groups in total. The second kappa shape index (κ2) is 6.06. The van der Waals surface area contributed by atoms with Gasteiger partial charge in [0.25, 0.3) is 5.56 Å². The van der Waals surface area contributed by atoms with Crippen LogP contribution < -0.4 is 11.3 Å². The Balaban J connectivity index is 2.68. The predicted molar refractivity (Wildman–Crippen MR) is 83.8 cm³/mol. The van der Waals surface area contributed by atoms with Gasteiger partial charge in [0.2, 0.25) is 0 Å². The van der Waals surface area contributed by atoms with Crippen molar-refractivity contribution in [3.8, 4) is 11.3 Å². The van der Waals surface area contributed by atoms with Gasteiger partial charge in [-0.2, -0.15) is 0 Å². The number of rotatable bonds is 4. The van der Waals surface area contributed by atoms with Gasteiger partial charge >= 0.3 is 0 Å². The fourth-order valence-electron chi connectivity index (χ4n) is 2.47. The van der Waals surface area contributed by atoms with E-state index in [1.165, 1.54) is 5.56 Å². The van der Waals surface area contributed by atoms with E-state index < -0.39 is 0 Å². The Morgan fingerprint density at radius 1 is 1.15 bits per heavy atom. The Morgan fingerprint density at radius 3 is 2.35 bits per heavy atom. The highest BCUT2D eigenvalue weighted by molar-refractivity contribution is 5.61. The van der Waals surface area contributed by atoms with Gasteiger partial charge < -0.3 is 10.3 Å². The van der Waals surface area contributed by atoms with Crippen molar-refractivity contribution in [2.24, 2.45) is 5.73 Å². The first kappa shape index (κ1) is 14.5. The van der Waals surface area contributed by atoms with Crippen molar-refractivity contribution in [3.05, 3.63) is 57.4 Å². The largest absolute Gasteiger partial charge is 0.326 e. The smallest absolute Gasteiger partial charge is 0.255 e. The first-order valence-electron chi connectivity index (χ1n) is 7.09. The van der Waals surface area contributed by atoms with Crippen LogP contribution in [0.2, 0.25) is 0 Å². The van der Waals surface area contributed by atoms with Crippen molar-refractivity contribution >= 4 is 0 Å². The zero-order valence-corrected chi connectivity index (χ0v) is 12.4. The number of hydrogen-bond acceptors (Lipinski definition) is 2. The van der Waals surface area contributed by atoms with E-state index in [1.807, 2.05) is 11.5 Å². The van der Waals surface area contributed by atoms with Crippen LogP contribution in [0.1, 0.15) is 30.0 Å². The quantitative estimate of drug-likeness (QED) is 0.928. The van der Waals surface area contributed by atoms with Crippen LogP contribution in [-0.4, -0.2) is 4.57 Å². The van der Waals surface area contributed by atoms with Gasteiger partial charge in [0, 0.05) is 18.7 Å². The molecule has 0 radical (unpaired) electrons. The number of nitrogens with two attached hydrogens (primary N) is 1. The van der Waals surface area contributed by atoms with E-state index in [1.54, 1.807) is 0 Å². The van der Waals surface area contributed by atoms with E-state index in [9.17, 15) is 4.79 Å². The van der Waals surface area contributed by atoms with Gasteiger partial charge in [0.1, 0.15) is 0 Å². The minimum absolute atomic E-state index is 0.0462. The van der Waals surface area contributed by atoms with Crippen molar-refractivity contribution in [1.29, 1.82) is 0 Å². The summed E-state index contributed by atoms with van der Waals surface area (Å²) < 4.78 is 1.85. The van der Waals surface area contributed by atoms with Crippen molar-refractivity contribution in [2.45, 2.75) is 40.3 Å². The van der Waals surface area contributed by atoms with Crippen molar-refractivity contribution in [2.75, 3.05) is 0 Å². The molecule has 0 fully saturated rings. The summed E-state index contributed by atoms with van der Waals surface area (Å²) in [5, 5.41) is 0. The van der Waals surface area contributed by atoms with E-state index in [4.69, 9.17) is 5.73 Å². The standard InChI is InChI=1S/C17H22N2O/c1-4-9-19-16(14-7-5-12(2)6-8-14)10-13(3)15(11-18)17(19)20/h5-8,10H,4,9,11,18H2,1-3H3. The second-order valence-corrected chi connectivity index (χ2v) is 5.22. The lowest BCUT2D eigenvalue weighted by molar-refractivity contribution is 0.652. The maximum absolute atomic E-state index is 12.6. The maximum atomic E-state index is 12.6. The molecule has 2 aromatic rings.